The molecule has 1 aliphatic rings. The van der Waals surface area contributed by atoms with Crippen molar-refractivity contribution < 1.29 is 13.5 Å². The van der Waals surface area contributed by atoms with E-state index in [0.29, 0.717) is 17.4 Å². The number of aryl methyl sites for hydroxylation is 1. The molecule has 3 unspecified atom stereocenters. The first kappa shape index (κ1) is 16.5. The average molecular weight is 311 g/mol. The molecular weight excluding hydrogens is 286 g/mol. The monoisotopic (exact) mass is 311 g/mol. The van der Waals surface area contributed by atoms with Gasteiger partial charge >= 0.3 is 0 Å². The lowest BCUT2D eigenvalue weighted by Gasteiger charge is -2.21. The molecule has 3 atom stereocenters. The summed E-state index contributed by atoms with van der Waals surface area (Å²) >= 11 is 0. The van der Waals surface area contributed by atoms with E-state index in [1.165, 1.54) is 0 Å². The third kappa shape index (κ3) is 3.47. The molecular formula is C16H25NO3S. The van der Waals surface area contributed by atoms with Crippen LogP contribution in [0.4, 0.5) is 0 Å². The third-order valence-corrected chi connectivity index (χ3v) is 6.35. The molecule has 0 aromatic heterocycles. The minimum absolute atomic E-state index is 0.0128. The van der Waals surface area contributed by atoms with Crippen LogP contribution in [-0.4, -0.2) is 19.6 Å². The Bertz CT molecular complexity index is 598. The summed E-state index contributed by atoms with van der Waals surface area (Å²) in [6.07, 6.45) is 3.08. The van der Waals surface area contributed by atoms with Crippen LogP contribution in [0.1, 0.15) is 44.2 Å². The molecule has 1 aromatic carbocycles. The largest absolute Gasteiger partial charge is 0.392 e. The van der Waals surface area contributed by atoms with Crippen molar-refractivity contribution in [1.29, 1.82) is 0 Å². The van der Waals surface area contributed by atoms with Crippen LogP contribution in [0, 0.1) is 18.8 Å². The zero-order valence-corrected chi connectivity index (χ0v) is 13.8. The standard InChI is InChI=1S/C16H25NO3S/c1-4-13-6-8-16(12(13)3)17-21(19,20)15-7-5-11(2)14(9-15)10-18/h5,7,9,12-13,16-18H,4,6,8,10H2,1-3H3. The topological polar surface area (TPSA) is 66.4 Å². The van der Waals surface area contributed by atoms with E-state index in [-0.39, 0.29) is 17.5 Å². The van der Waals surface area contributed by atoms with Gasteiger partial charge in [0.1, 0.15) is 0 Å². The van der Waals surface area contributed by atoms with Crippen molar-refractivity contribution >= 4 is 10.0 Å². The number of sulfonamides is 1. The van der Waals surface area contributed by atoms with Crippen molar-refractivity contribution in [3.05, 3.63) is 29.3 Å². The highest BCUT2D eigenvalue weighted by Crippen LogP contribution is 2.34. The lowest BCUT2D eigenvalue weighted by molar-refractivity contribution is 0.280. The second-order valence-corrected chi connectivity index (χ2v) is 7.79. The lowest BCUT2D eigenvalue weighted by Crippen LogP contribution is -2.37. The van der Waals surface area contributed by atoms with Gasteiger partial charge in [-0.25, -0.2) is 13.1 Å². The Kier molecular flexibility index (Phi) is 5.07. The maximum absolute atomic E-state index is 12.5. The van der Waals surface area contributed by atoms with Gasteiger partial charge in [-0.2, -0.15) is 0 Å². The Morgan fingerprint density at radius 1 is 1.33 bits per heavy atom. The second kappa shape index (κ2) is 6.46. The van der Waals surface area contributed by atoms with Gasteiger partial charge in [-0.1, -0.05) is 26.3 Å². The summed E-state index contributed by atoms with van der Waals surface area (Å²) in [5.41, 5.74) is 1.56. The van der Waals surface area contributed by atoms with E-state index >= 15 is 0 Å². The van der Waals surface area contributed by atoms with Crippen LogP contribution in [0.5, 0.6) is 0 Å². The molecule has 21 heavy (non-hydrogen) atoms. The summed E-state index contributed by atoms with van der Waals surface area (Å²) < 4.78 is 27.9. The number of benzene rings is 1. The Labute approximate surface area is 127 Å². The van der Waals surface area contributed by atoms with Crippen LogP contribution < -0.4 is 4.72 Å². The predicted molar refractivity (Wildman–Crippen MR) is 83.4 cm³/mol. The van der Waals surface area contributed by atoms with Gasteiger partial charge in [0.2, 0.25) is 10.0 Å². The van der Waals surface area contributed by atoms with Gasteiger partial charge in [0.05, 0.1) is 11.5 Å². The Balaban J connectivity index is 2.19. The molecule has 0 spiro atoms. The smallest absolute Gasteiger partial charge is 0.240 e. The van der Waals surface area contributed by atoms with Gasteiger partial charge in [-0.3, -0.25) is 0 Å². The zero-order valence-electron chi connectivity index (χ0n) is 13.0. The fraction of sp³-hybridized carbons (Fsp3) is 0.625. The van der Waals surface area contributed by atoms with Crippen LogP contribution in [-0.2, 0) is 16.6 Å². The summed E-state index contributed by atoms with van der Waals surface area (Å²) in [4.78, 5) is 0.240. The van der Waals surface area contributed by atoms with Crippen molar-refractivity contribution in [1.82, 2.24) is 4.72 Å². The van der Waals surface area contributed by atoms with Crippen LogP contribution >= 0.6 is 0 Å². The van der Waals surface area contributed by atoms with Gasteiger partial charge < -0.3 is 5.11 Å². The van der Waals surface area contributed by atoms with E-state index in [1.54, 1.807) is 18.2 Å². The highest BCUT2D eigenvalue weighted by Gasteiger charge is 2.34. The summed E-state index contributed by atoms with van der Waals surface area (Å²) in [7, 11) is -3.52. The van der Waals surface area contributed by atoms with Gasteiger partial charge in [-0.15, -0.1) is 0 Å². The van der Waals surface area contributed by atoms with Crippen molar-refractivity contribution in [2.75, 3.05) is 0 Å². The number of hydrogen-bond acceptors (Lipinski definition) is 3. The maximum atomic E-state index is 12.5. The summed E-state index contributed by atoms with van der Waals surface area (Å²) in [6.45, 7) is 6.00. The molecule has 1 saturated carbocycles. The first-order valence-corrected chi connectivity index (χ1v) is 9.10. The molecule has 1 aromatic rings. The number of aliphatic hydroxyl groups is 1. The van der Waals surface area contributed by atoms with Gasteiger partial charge in [0.15, 0.2) is 0 Å². The normalized spacial score (nSPS) is 26.2. The van der Waals surface area contributed by atoms with E-state index in [1.807, 2.05) is 6.92 Å². The molecule has 2 N–H and O–H groups in total. The fourth-order valence-electron chi connectivity index (χ4n) is 3.24. The van der Waals surface area contributed by atoms with E-state index in [9.17, 15) is 13.5 Å². The molecule has 4 nitrogen and oxygen atoms in total. The summed E-state index contributed by atoms with van der Waals surface area (Å²) in [6, 6.07) is 4.92. The van der Waals surface area contributed by atoms with Crippen LogP contribution in [0.2, 0.25) is 0 Å². The molecule has 0 saturated heterocycles. The van der Waals surface area contributed by atoms with Gasteiger partial charge in [0.25, 0.3) is 0 Å². The van der Waals surface area contributed by atoms with Crippen molar-refractivity contribution in [2.45, 2.75) is 57.6 Å². The summed E-state index contributed by atoms with van der Waals surface area (Å²) in [5.74, 6) is 0.969. The lowest BCUT2D eigenvalue weighted by atomic mass is 9.94. The molecule has 1 fully saturated rings. The minimum atomic E-state index is -3.52. The van der Waals surface area contributed by atoms with Crippen LogP contribution in [0.25, 0.3) is 0 Å². The number of aliphatic hydroxyl groups excluding tert-OH is 1. The highest BCUT2D eigenvalue weighted by molar-refractivity contribution is 7.89. The number of rotatable bonds is 5. The highest BCUT2D eigenvalue weighted by atomic mass is 32.2. The molecule has 0 bridgehead atoms. The van der Waals surface area contributed by atoms with E-state index in [0.717, 1.165) is 24.8 Å². The van der Waals surface area contributed by atoms with E-state index in [4.69, 9.17) is 0 Å². The molecule has 0 heterocycles. The Hall–Kier alpha value is -0.910. The quantitative estimate of drug-likeness (QED) is 0.878. The average Bonchev–Trinajstić information content (AvgIpc) is 2.79. The Morgan fingerprint density at radius 3 is 2.62 bits per heavy atom. The first-order chi connectivity index (χ1) is 9.89. The number of nitrogens with one attached hydrogen (secondary N) is 1. The SMILES string of the molecule is CCC1CCC(NS(=O)(=O)c2ccc(C)c(CO)c2)C1C. The molecule has 0 radical (unpaired) electrons. The zero-order chi connectivity index (χ0) is 15.6. The van der Waals surface area contributed by atoms with Gasteiger partial charge in [-0.05, 0) is 54.9 Å². The predicted octanol–water partition coefficient (Wildman–Crippen LogP) is 2.59. The van der Waals surface area contributed by atoms with Crippen molar-refractivity contribution in [3.63, 3.8) is 0 Å². The maximum Gasteiger partial charge on any atom is 0.240 e. The van der Waals surface area contributed by atoms with Crippen LogP contribution in [0.3, 0.4) is 0 Å². The Morgan fingerprint density at radius 2 is 2.05 bits per heavy atom. The summed E-state index contributed by atoms with van der Waals surface area (Å²) in [5, 5.41) is 9.29. The second-order valence-electron chi connectivity index (χ2n) is 6.08. The molecule has 0 aliphatic heterocycles. The van der Waals surface area contributed by atoms with Crippen LogP contribution in [0.15, 0.2) is 23.1 Å². The minimum Gasteiger partial charge on any atom is -0.392 e. The molecule has 1 aliphatic carbocycles. The first-order valence-electron chi connectivity index (χ1n) is 7.61. The van der Waals surface area contributed by atoms with Crippen molar-refractivity contribution in [3.8, 4) is 0 Å². The molecule has 5 heteroatoms. The fourth-order valence-corrected chi connectivity index (χ4v) is 4.65. The number of hydrogen-bond donors (Lipinski definition) is 2. The third-order valence-electron chi connectivity index (χ3n) is 4.86. The van der Waals surface area contributed by atoms with E-state index < -0.39 is 10.0 Å². The molecule has 118 valence electrons. The van der Waals surface area contributed by atoms with Gasteiger partial charge in [0, 0.05) is 6.04 Å². The van der Waals surface area contributed by atoms with E-state index in [2.05, 4.69) is 18.6 Å². The molecule has 0 amide bonds. The van der Waals surface area contributed by atoms with Crippen molar-refractivity contribution in [2.24, 2.45) is 11.8 Å². The molecule has 2 rings (SSSR count).